The first-order valence-corrected chi connectivity index (χ1v) is 7.88. The van der Waals surface area contributed by atoms with Gasteiger partial charge in [0.25, 0.3) is 0 Å². The highest BCUT2D eigenvalue weighted by molar-refractivity contribution is 9.10. The third-order valence-corrected chi connectivity index (χ3v) is 3.80. The number of nitrogens with two attached hydrogens (primary N) is 1. The number of nitrogen functional groups attached to an aromatic ring is 1. The molecule has 2 N–H and O–H groups in total. The molecule has 0 radical (unpaired) electrons. The maximum atomic E-state index is 14.1. The van der Waals surface area contributed by atoms with Crippen molar-refractivity contribution >= 4 is 21.7 Å². The van der Waals surface area contributed by atoms with Gasteiger partial charge in [-0.2, -0.15) is 0 Å². The second-order valence-electron chi connectivity index (χ2n) is 6.14. The van der Waals surface area contributed by atoms with E-state index in [9.17, 15) is 4.39 Å². The quantitative estimate of drug-likeness (QED) is 0.865. The largest absolute Gasteiger partial charge is 0.383 e. The zero-order chi connectivity index (χ0) is 15.8. The topological polar surface area (TPSA) is 43.8 Å². The van der Waals surface area contributed by atoms with E-state index in [1.807, 2.05) is 4.57 Å². The van der Waals surface area contributed by atoms with Crippen LogP contribution >= 0.6 is 15.9 Å². The van der Waals surface area contributed by atoms with E-state index in [2.05, 4.69) is 48.6 Å². The van der Waals surface area contributed by atoms with E-state index in [1.54, 1.807) is 12.1 Å². The Bertz CT molecular complexity index is 656. The molecule has 2 aromatic rings. The number of hydrogen-bond donors (Lipinski definition) is 1. The summed E-state index contributed by atoms with van der Waals surface area (Å²) in [4.78, 5) is 4.62. The van der Waals surface area contributed by atoms with Crippen LogP contribution in [0.3, 0.4) is 0 Å². The van der Waals surface area contributed by atoms with Gasteiger partial charge < -0.3 is 10.3 Å². The molecule has 0 saturated heterocycles. The molecular formula is C16H21BrFN3. The van der Waals surface area contributed by atoms with E-state index in [0.29, 0.717) is 17.1 Å². The van der Waals surface area contributed by atoms with Crippen LogP contribution in [-0.2, 0) is 12.0 Å². The summed E-state index contributed by atoms with van der Waals surface area (Å²) in [6.45, 7) is 8.32. The zero-order valence-corrected chi connectivity index (χ0v) is 14.5. The van der Waals surface area contributed by atoms with Crippen LogP contribution in [0.4, 0.5) is 10.2 Å². The van der Waals surface area contributed by atoms with Crippen molar-refractivity contribution in [3.63, 3.8) is 0 Å². The molecule has 0 spiro atoms. The minimum atomic E-state index is -0.313. The third kappa shape index (κ3) is 3.12. The highest BCUT2D eigenvalue weighted by Gasteiger charge is 2.25. The van der Waals surface area contributed by atoms with E-state index in [4.69, 9.17) is 5.73 Å². The van der Waals surface area contributed by atoms with E-state index in [1.165, 1.54) is 6.07 Å². The van der Waals surface area contributed by atoms with Crippen LogP contribution < -0.4 is 5.73 Å². The molecule has 1 heterocycles. The molecule has 0 unspecified atom stereocenters. The Morgan fingerprint density at radius 3 is 2.57 bits per heavy atom. The Hall–Kier alpha value is -1.36. The molecule has 21 heavy (non-hydrogen) atoms. The number of anilines is 1. The second-order valence-corrected chi connectivity index (χ2v) is 7.06. The molecule has 1 aromatic carbocycles. The predicted molar refractivity (Wildman–Crippen MR) is 88.7 cm³/mol. The van der Waals surface area contributed by atoms with Gasteiger partial charge in [0, 0.05) is 22.0 Å². The highest BCUT2D eigenvalue weighted by atomic mass is 79.9. The first-order chi connectivity index (χ1) is 9.75. The maximum Gasteiger partial charge on any atom is 0.132 e. The van der Waals surface area contributed by atoms with Gasteiger partial charge in [-0.3, -0.25) is 0 Å². The molecule has 2 rings (SSSR count). The summed E-state index contributed by atoms with van der Waals surface area (Å²) in [6, 6.07) is 4.81. The molecule has 114 valence electrons. The van der Waals surface area contributed by atoms with Crippen molar-refractivity contribution < 1.29 is 4.39 Å². The van der Waals surface area contributed by atoms with E-state index >= 15 is 0 Å². The van der Waals surface area contributed by atoms with Gasteiger partial charge in [0.15, 0.2) is 0 Å². The van der Waals surface area contributed by atoms with Crippen LogP contribution in [0.1, 0.15) is 39.9 Å². The second kappa shape index (κ2) is 5.79. The maximum absolute atomic E-state index is 14.1. The summed E-state index contributed by atoms with van der Waals surface area (Å²) in [5.74, 6) is 1.10. The lowest BCUT2D eigenvalue weighted by atomic mass is 10.1. The lowest BCUT2D eigenvalue weighted by Crippen LogP contribution is -2.25. The van der Waals surface area contributed by atoms with E-state index < -0.39 is 0 Å². The summed E-state index contributed by atoms with van der Waals surface area (Å²) in [6.07, 6.45) is 1.78. The minimum Gasteiger partial charge on any atom is -0.383 e. The number of aryl methyl sites for hydroxylation is 1. The first kappa shape index (κ1) is 16.0. The molecule has 3 nitrogen and oxygen atoms in total. The van der Waals surface area contributed by atoms with Crippen molar-refractivity contribution in [1.29, 1.82) is 0 Å². The van der Waals surface area contributed by atoms with Crippen molar-refractivity contribution in [1.82, 2.24) is 9.55 Å². The molecule has 1 aromatic heterocycles. The molecule has 0 atom stereocenters. The summed E-state index contributed by atoms with van der Waals surface area (Å²) < 4.78 is 16.9. The predicted octanol–water partition coefficient (Wildman–Crippen LogP) is 4.74. The van der Waals surface area contributed by atoms with Gasteiger partial charge in [-0.05, 0) is 45.4 Å². The molecule has 5 heteroatoms. The van der Waals surface area contributed by atoms with Gasteiger partial charge in [0.1, 0.15) is 23.2 Å². The van der Waals surface area contributed by atoms with Gasteiger partial charge in [-0.25, -0.2) is 9.37 Å². The van der Waals surface area contributed by atoms with Gasteiger partial charge in [-0.1, -0.05) is 22.9 Å². The highest BCUT2D eigenvalue weighted by Crippen LogP contribution is 2.34. The summed E-state index contributed by atoms with van der Waals surface area (Å²) in [5, 5.41) is 0. The average molecular weight is 354 g/mol. The number of imidazole rings is 1. The molecule has 0 aliphatic carbocycles. The van der Waals surface area contributed by atoms with Crippen molar-refractivity contribution in [3.8, 4) is 11.3 Å². The molecule has 0 amide bonds. The normalized spacial score (nSPS) is 11.9. The minimum absolute atomic E-state index is 0.192. The zero-order valence-electron chi connectivity index (χ0n) is 12.9. The van der Waals surface area contributed by atoms with Crippen LogP contribution in [0, 0.1) is 5.82 Å². The van der Waals surface area contributed by atoms with Crippen molar-refractivity contribution in [2.45, 2.75) is 46.1 Å². The Balaban J connectivity index is 2.68. The van der Waals surface area contributed by atoms with Crippen molar-refractivity contribution in [3.05, 3.63) is 34.3 Å². The smallest absolute Gasteiger partial charge is 0.132 e. The van der Waals surface area contributed by atoms with Crippen LogP contribution in [0.5, 0.6) is 0 Å². The number of benzene rings is 1. The molecule has 0 aliphatic heterocycles. The summed E-state index contributed by atoms with van der Waals surface area (Å²) >= 11 is 3.37. The van der Waals surface area contributed by atoms with Crippen LogP contribution in [0.2, 0.25) is 0 Å². The lowest BCUT2D eigenvalue weighted by Gasteiger charge is -2.25. The molecule has 0 bridgehead atoms. The van der Waals surface area contributed by atoms with E-state index in [-0.39, 0.29) is 11.4 Å². The Morgan fingerprint density at radius 1 is 1.33 bits per heavy atom. The van der Waals surface area contributed by atoms with Gasteiger partial charge in [0.2, 0.25) is 0 Å². The summed E-state index contributed by atoms with van der Waals surface area (Å²) in [5.41, 5.74) is 7.05. The fraction of sp³-hybridized carbons (Fsp3) is 0.438. The van der Waals surface area contributed by atoms with Gasteiger partial charge in [0.05, 0.1) is 0 Å². The van der Waals surface area contributed by atoms with Crippen molar-refractivity contribution in [2.75, 3.05) is 5.73 Å². The number of aromatic nitrogens is 2. The first-order valence-electron chi connectivity index (χ1n) is 7.08. The summed E-state index contributed by atoms with van der Waals surface area (Å²) in [7, 11) is 0. The van der Waals surface area contributed by atoms with Crippen LogP contribution in [0.25, 0.3) is 11.3 Å². The van der Waals surface area contributed by atoms with Crippen LogP contribution in [0.15, 0.2) is 22.7 Å². The van der Waals surface area contributed by atoms with Crippen molar-refractivity contribution in [2.24, 2.45) is 0 Å². The number of rotatable bonds is 3. The van der Waals surface area contributed by atoms with Gasteiger partial charge in [-0.15, -0.1) is 0 Å². The monoisotopic (exact) mass is 353 g/mol. The molecule has 0 aliphatic rings. The fourth-order valence-electron chi connectivity index (χ4n) is 2.50. The number of hydrogen-bond acceptors (Lipinski definition) is 2. The third-order valence-electron chi connectivity index (χ3n) is 3.31. The molecule has 0 fully saturated rings. The number of halogens is 2. The average Bonchev–Trinajstić information content (AvgIpc) is 2.69. The number of nitrogens with zero attached hydrogens (tertiary/aromatic N) is 2. The Morgan fingerprint density at radius 2 is 2.00 bits per heavy atom. The SMILES string of the molecule is CCCc1nc(-c2cc(Br)ccc2F)c(N)n1C(C)(C)C. The van der Waals surface area contributed by atoms with Gasteiger partial charge >= 0.3 is 0 Å². The standard InChI is InChI=1S/C16H21BrFN3/c1-5-6-13-20-14(15(19)21(13)16(2,3)4)11-9-10(17)7-8-12(11)18/h7-9H,5-6,19H2,1-4H3. The molecule has 0 saturated carbocycles. The lowest BCUT2D eigenvalue weighted by molar-refractivity contribution is 0.387. The molecular weight excluding hydrogens is 333 g/mol. The Labute approximate surface area is 133 Å². The Kier molecular flexibility index (Phi) is 4.42. The van der Waals surface area contributed by atoms with Crippen LogP contribution in [-0.4, -0.2) is 9.55 Å². The fourth-order valence-corrected chi connectivity index (χ4v) is 2.86. The van der Waals surface area contributed by atoms with E-state index in [0.717, 1.165) is 23.1 Å².